The first-order chi connectivity index (χ1) is 15.2. The van der Waals surface area contributed by atoms with Crippen LogP contribution in [0.3, 0.4) is 0 Å². The van der Waals surface area contributed by atoms with E-state index in [2.05, 4.69) is 20.2 Å². The van der Waals surface area contributed by atoms with Crippen LogP contribution in [-0.2, 0) is 9.84 Å². The van der Waals surface area contributed by atoms with Gasteiger partial charge in [0.2, 0.25) is 14.9 Å². The molecule has 4 aromatic rings. The SMILES string of the molecule is Cc1ccccc1S(=O)(=O)c1nc2[nH]ccc2n2c(C3CCCN3CC(F)(F)F)nnc12. The molecule has 1 aliphatic rings. The van der Waals surface area contributed by atoms with Gasteiger partial charge in [-0.25, -0.2) is 13.4 Å². The molecule has 0 radical (unpaired) electrons. The lowest BCUT2D eigenvalue weighted by Crippen LogP contribution is -2.34. The topological polar surface area (TPSA) is 96.2 Å². The Bertz CT molecular complexity index is 1430. The van der Waals surface area contributed by atoms with E-state index in [1.807, 2.05) is 0 Å². The molecule has 4 heterocycles. The van der Waals surface area contributed by atoms with Crippen LogP contribution < -0.4 is 0 Å². The van der Waals surface area contributed by atoms with E-state index in [-0.39, 0.29) is 33.6 Å². The smallest absolute Gasteiger partial charge is 0.345 e. The maximum Gasteiger partial charge on any atom is 0.401 e. The third-order valence-electron chi connectivity index (χ3n) is 5.72. The molecule has 0 spiro atoms. The highest BCUT2D eigenvalue weighted by Crippen LogP contribution is 2.36. The quantitative estimate of drug-likeness (QED) is 0.497. The van der Waals surface area contributed by atoms with Gasteiger partial charge in [-0.1, -0.05) is 18.2 Å². The van der Waals surface area contributed by atoms with Crippen LogP contribution in [0.15, 0.2) is 46.5 Å². The molecule has 0 aliphatic carbocycles. The summed E-state index contributed by atoms with van der Waals surface area (Å²) in [6.07, 6.45) is -1.73. The summed E-state index contributed by atoms with van der Waals surface area (Å²) in [5.74, 6) is 0.273. The van der Waals surface area contributed by atoms with Gasteiger partial charge >= 0.3 is 6.18 Å². The van der Waals surface area contributed by atoms with Crippen molar-refractivity contribution in [2.75, 3.05) is 13.1 Å². The maximum atomic E-state index is 13.5. The normalized spacial score (nSPS) is 18.2. The van der Waals surface area contributed by atoms with Crippen molar-refractivity contribution in [3.8, 4) is 0 Å². The van der Waals surface area contributed by atoms with E-state index < -0.39 is 28.6 Å². The summed E-state index contributed by atoms with van der Waals surface area (Å²) >= 11 is 0. The lowest BCUT2D eigenvalue weighted by atomic mass is 10.2. The summed E-state index contributed by atoms with van der Waals surface area (Å²) in [6, 6.07) is 7.56. The first-order valence-electron chi connectivity index (χ1n) is 10.0. The number of halogens is 3. The second kappa shape index (κ2) is 7.27. The highest BCUT2D eigenvalue weighted by Gasteiger charge is 2.39. The molecular formula is C20H19F3N6O2S. The van der Waals surface area contributed by atoms with Crippen molar-refractivity contribution in [1.82, 2.24) is 29.5 Å². The molecule has 1 atom stereocenters. The molecule has 1 unspecified atom stereocenters. The Morgan fingerprint density at radius 3 is 2.72 bits per heavy atom. The van der Waals surface area contributed by atoms with Crippen molar-refractivity contribution < 1.29 is 21.6 Å². The Labute approximate surface area is 181 Å². The van der Waals surface area contributed by atoms with Crippen molar-refractivity contribution in [3.05, 3.63) is 47.9 Å². The van der Waals surface area contributed by atoms with Gasteiger partial charge < -0.3 is 4.98 Å². The van der Waals surface area contributed by atoms with E-state index in [9.17, 15) is 21.6 Å². The van der Waals surface area contributed by atoms with Crippen LogP contribution in [0.1, 0.15) is 30.3 Å². The number of hydrogen-bond donors (Lipinski definition) is 1. The van der Waals surface area contributed by atoms with E-state index in [0.717, 1.165) is 0 Å². The fourth-order valence-corrected chi connectivity index (χ4v) is 5.88. The van der Waals surface area contributed by atoms with Gasteiger partial charge in [0.15, 0.2) is 17.1 Å². The standard InChI is InChI=1S/C20H19F3N6O2S/c1-12-5-2-3-7-15(12)32(30,31)19-18-27-26-17(29(18)13-8-9-24-16(13)25-19)14-6-4-10-28(14)11-20(21,22)23/h2-3,5,7-9,14,24H,4,6,10-11H2,1H3. The molecule has 168 valence electrons. The zero-order chi connectivity index (χ0) is 22.7. The number of nitrogens with one attached hydrogen (secondary N) is 1. The summed E-state index contributed by atoms with van der Waals surface area (Å²) in [6.45, 7) is 0.886. The Balaban J connectivity index is 1.73. The molecule has 12 heteroatoms. The average Bonchev–Trinajstić information content (AvgIpc) is 3.44. The first-order valence-corrected chi connectivity index (χ1v) is 11.5. The zero-order valence-corrected chi connectivity index (χ0v) is 17.8. The fraction of sp³-hybridized carbons (Fsp3) is 0.350. The largest absolute Gasteiger partial charge is 0.401 e. The van der Waals surface area contributed by atoms with E-state index in [0.29, 0.717) is 23.9 Å². The van der Waals surface area contributed by atoms with E-state index in [1.54, 1.807) is 37.4 Å². The molecule has 1 aromatic carbocycles. The molecule has 5 rings (SSSR count). The first kappa shape index (κ1) is 20.9. The van der Waals surface area contributed by atoms with Gasteiger partial charge in [-0.3, -0.25) is 9.30 Å². The van der Waals surface area contributed by atoms with Crippen molar-refractivity contribution >= 4 is 26.6 Å². The second-order valence-electron chi connectivity index (χ2n) is 7.86. The number of sulfone groups is 1. The van der Waals surface area contributed by atoms with Gasteiger partial charge in [0.1, 0.15) is 0 Å². The summed E-state index contributed by atoms with van der Waals surface area (Å²) < 4.78 is 67.8. The van der Waals surface area contributed by atoms with E-state index >= 15 is 0 Å². The second-order valence-corrected chi connectivity index (χ2v) is 9.69. The number of aromatic amines is 1. The summed E-state index contributed by atoms with van der Waals surface area (Å²) in [5, 5.41) is 7.97. The van der Waals surface area contributed by atoms with Gasteiger partial charge in [0.25, 0.3) is 0 Å². The van der Waals surface area contributed by atoms with Crippen LogP contribution in [-0.4, -0.2) is 57.1 Å². The van der Waals surface area contributed by atoms with Crippen LogP contribution in [0, 0.1) is 6.92 Å². The Hall–Kier alpha value is -2.99. The summed E-state index contributed by atoms with van der Waals surface area (Å²) in [7, 11) is -4.07. The molecule has 8 nitrogen and oxygen atoms in total. The van der Waals surface area contributed by atoms with Crippen LogP contribution in [0.5, 0.6) is 0 Å². The van der Waals surface area contributed by atoms with Gasteiger partial charge in [0.05, 0.1) is 23.0 Å². The van der Waals surface area contributed by atoms with Crippen LogP contribution in [0.2, 0.25) is 0 Å². The van der Waals surface area contributed by atoms with Crippen molar-refractivity contribution in [3.63, 3.8) is 0 Å². The number of alkyl halides is 3. The maximum absolute atomic E-state index is 13.5. The molecule has 3 aromatic heterocycles. The number of hydrogen-bond acceptors (Lipinski definition) is 6. The van der Waals surface area contributed by atoms with Gasteiger partial charge in [-0.05, 0) is 44.0 Å². The Kier molecular flexibility index (Phi) is 4.75. The molecule has 32 heavy (non-hydrogen) atoms. The number of likely N-dealkylation sites (tertiary alicyclic amines) is 1. The van der Waals surface area contributed by atoms with Gasteiger partial charge in [0, 0.05) is 6.20 Å². The molecule has 1 saturated heterocycles. The number of aromatic nitrogens is 5. The Morgan fingerprint density at radius 2 is 1.97 bits per heavy atom. The lowest BCUT2D eigenvalue weighted by molar-refractivity contribution is -0.148. The molecule has 0 saturated carbocycles. The minimum Gasteiger partial charge on any atom is -0.345 e. The highest BCUT2D eigenvalue weighted by atomic mass is 32.2. The predicted octanol–water partition coefficient (Wildman–Crippen LogP) is 3.45. The number of nitrogens with zero attached hydrogens (tertiary/aromatic N) is 5. The van der Waals surface area contributed by atoms with Gasteiger partial charge in [-0.15, -0.1) is 10.2 Å². The highest BCUT2D eigenvalue weighted by molar-refractivity contribution is 7.91. The predicted molar refractivity (Wildman–Crippen MR) is 109 cm³/mol. The third kappa shape index (κ3) is 3.34. The lowest BCUT2D eigenvalue weighted by Gasteiger charge is -2.24. The van der Waals surface area contributed by atoms with E-state index in [4.69, 9.17) is 0 Å². The van der Waals surface area contributed by atoms with Crippen LogP contribution in [0.4, 0.5) is 13.2 Å². The number of H-pyrrole nitrogens is 1. The third-order valence-corrected chi connectivity index (χ3v) is 7.54. The minimum absolute atomic E-state index is 0.00536. The summed E-state index contributed by atoms with van der Waals surface area (Å²) in [4.78, 5) is 8.61. The zero-order valence-electron chi connectivity index (χ0n) is 17.0. The number of aryl methyl sites for hydroxylation is 1. The van der Waals surface area contributed by atoms with Crippen molar-refractivity contribution in [1.29, 1.82) is 0 Å². The molecular weight excluding hydrogens is 445 g/mol. The average molecular weight is 464 g/mol. The fourth-order valence-electron chi connectivity index (χ4n) is 4.34. The van der Waals surface area contributed by atoms with Crippen LogP contribution in [0.25, 0.3) is 16.8 Å². The monoisotopic (exact) mass is 464 g/mol. The summed E-state index contributed by atoms with van der Waals surface area (Å²) in [5.41, 5.74) is 1.33. The number of rotatable bonds is 4. The molecule has 1 N–H and O–H groups in total. The van der Waals surface area contributed by atoms with E-state index in [1.165, 1.54) is 15.4 Å². The molecule has 1 fully saturated rings. The number of benzene rings is 1. The number of fused-ring (bicyclic) bond motifs is 3. The molecule has 0 bridgehead atoms. The van der Waals surface area contributed by atoms with Crippen molar-refractivity contribution in [2.24, 2.45) is 0 Å². The van der Waals surface area contributed by atoms with Crippen LogP contribution >= 0.6 is 0 Å². The van der Waals surface area contributed by atoms with Gasteiger partial charge in [-0.2, -0.15) is 13.2 Å². The Morgan fingerprint density at radius 1 is 1.19 bits per heavy atom. The molecule has 1 aliphatic heterocycles. The van der Waals surface area contributed by atoms with Crippen molar-refractivity contribution in [2.45, 2.75) is 41.9 Å². The minimum atomic E-state index is -4.35. The molecule has 0 amide bonds.